The summed E-state index contributed by atoms with van der Waals surface area (Å²) in [7, 11) is 0. The molecule has 2 aromatic rings. The van der Waals surface area contributed by atoms with Gasteiger partial charge in [-0.2, -0.15) is 10.1 Å². The van der Waals surface area contributed by atoms with E-state index in [2.05, 4.69) is 20.6 Å². The summed E-state index contributed by atoms with van der Waals surface area (Å²) in [5.41, 5.74) is 0.778. The van der Waals surface area contributed by atoms with Crippen molar-refractivity contribution in [3.05, 3.63) is 18.3 Å². The van der Waals surface area contributed by atoms with Crippen LogP contribution in [0.1, 0.15) is 32.6 Å². The van der Waals surface area contributed by atoms with Crippen LogP contribution in [0, 0.1) is 5.92 Å². The summed E-state index contributed by atoms with van der Waals surface area (Å²) < 4.78 is 6.96. The number of carbonyl (C=O) groups is 2. The number of aryl methyl sites for hydroxylation is 1. The molecule has 0 saturated carbocycles. The number of nitrogens with one attached hydrogen (secondary N) is 1. The SMILES string of the molecule is CCn1cc(-c2noc(CNC(=O)C3CCN(C(C)=O)CC3)n2)cn1. The predicted molar refractivity (Wildman–Crippen MR) is 88.0 cm³/mol. The number of hydrogen-bond donors (Lipinski definition) is 1. The van der Waals surface area contributed by atoms with Gasteiger partial charge in [0.25, 0.3) is 0 Å². The van der Waals surface area contributed by atoms with Crippen LogP contribution < -0.4 is 5.32 Å². The van der Waals surface area contributed by atoms with Crippen LogP contribution in [-0.4, -0.2) is 49.7 Å². The van der Waals surface area contributed by atoms with Gasteiger partial charge >= 0.3 is 0 Å². The van der Waals surface area contributed by atoms with Crippen molar-refractivity contribution in [1.82, 2.24) is 30.1 Å². The minimum Gasteiger partial charge on any atom is -0.347 e. The average Bonchev–Trinajstić information content (AvgIpc) is 3.28. The number of hydrogen-bond acceptors (Lipinski definition) is 6. The van der Waals surface area contributed by atoms with Gasteiger partial charge in [0.1, 0.15) is 0 Å². The molecule has 9 heteroatoms. The topological polar surface area (TPSA) is 106 Å². The Hall–Kier alpha value is -2.71. The van der Waals surface area contributed by atoms with Crippen LogP contribution >= 0.6 is 0 Å². The molecule has 1 fully saturated rings. The molecule has 0 radical (unpaired) electrons. The molecule has 1 aliphatic heterocycles. The van der Waals surface area contributed by atoms with Crippen LogP contribution in [0.5, 0.6) is 0 Å². The highest BCUT2D eigenvalue weighted by molar-refractivity contribution is 5.79. The van der Waals surface area contributed by atoms with E-state index in [1.165, 1.54) is 0 Å². The summed E-state index contributed by atoms with van der Waals surface area (Å²) in [4.78, 5) is 29.6. The van der Waals surface area contributed by atoms with Crippen LogP contribution in [-0.2, 0) is 22.7 Å². The molecule has 0 aromatic carbocycles. The van der Waals surface area contributed by atoms with E-state index in [0.717, 1.165) is 12.1 Å². The van der Waals surface area contributed by atoms with Crippen LogP contribution in [0.4, 0.5) is 0 Å². The Kier molecular flexibility index (Phi) is 5.11. The van der Waals surface area contributed by atoms with E-state index in [1.54, 1.807) is 22.7 Å². The molecule has 0 atom stereocenters. The zero-order valence-electron chi connectivity index (χ0n) is 14.4. The van der Waals surface area contributed by atoms with Gasteiger partial charge in [0, 0.05) is 38.7 Å². The second-order valence-corrected chi connectivity index (χ2v) is 6.09. The number of rotatable bonds is 5. The Labute approximate surface area is 145 Å². The molecule has 134 valence electrons. The van der Waals surface area contributed by atoms with Gasteiger partial charge in [-0.1, -0.05) is 5.16 Å². The predicted octanol–water partition coefficient (Wildman–Crippen LogP) is 0.828. The Balaban J connectivity index is 1.50. The molecule has 0 unspecified atom stereocenters. The molecule has 3 rings (SSSR count). The number of carbonyl (C=O) groups excluding carboxylic acids is 2. The lowest BCUT2D eigenvalue weighted by Crippen LogP contribution is -2.42. The molecule has 0 spiro atoms. The number of likely N-dealkylation sites (tertiary alicyclic amines) is 1. The van der Waals surface area contributed by atoms with E-state index in [-0.39, 0.29) is 24.3 Å². The van der Waals surface area contributed by atoms with E-state index in [4.69, 9.17) is 4.52 Å². The third kappa shape index (κ3) is 4.04. The smallest absolute Gasteiger partial charge is 0.246 e. The molecular weight excluding hydrogens is 324 g/mol. The van der Waals surface area contributed by atoms with Crippen molar-refractivity contribution in [1.29, 1.82) is 0 Å². The van der Waals surface area contributed by atoms with Crippen LogP contribution in [0.3, 0.4) is 0 Å². The maximum Gasteiger partial charge on any atom is 0.246 e. The molecule has 3 heterocycles. The van der Waals surface area contributed by atoms with Gasteiger partial charge in [0.15, 0.2) is 0 Å². The van der Waals surface area contributed by atoms with Crippen molar-refractivity contribution in [2.45, 2.75) is 39.8 Å². The number of aromatic nitrogens is 4. The lowest BCUT2D eigenvalue weighted by molar-refractivity contribution is -0.134. The highest BCUT2D eigenvalue weighted by atomic mass is 16.5. The van der Waals surface area contributed by atoms with E-state index in [9.17, 15) is 9.59 Å². The van der Waals surface area contributed by atoms with E-state index in [0.29, 0.717) is 37.6 Å². The van der Waals surface area contributed by atoms with Gasteiger partial charge in [0.2, 0.25) is 23.5 Å². The first-order valence-electron chi connectivity index (χ1n) is 8.45. The molecular formula is C16H22N6O3. The third-order valence-electron chi connectivity index (χ3n) is 4.41. The molecule has 2 amide bonds. The highest BCUT2D eigenvalue weighted by Gasteiger charge is 2.26. The molecule has 9 nitrogen and oxygen atoms in total. The summed E-state index contributed by atoms with van der Waals surface area (Å²) in [5.74, 6) is 0.749. The highest BCUT2D eigenvalue weighted by Crippen LogP contribution is 2.18. The minimum atomic E-state index is -0.0826. The Bertz CT molecular complexity index is 745. The lowest BCUT2D eigenvalue weighted by atomic mass is 9.96. The maximum atomic E-state index is 12.2. The quantitative estimate of drug-likeness (QED) is 0.859. The molecule has 25 heavy (non-hydrogen) atoms. The van der Waals surface area contributed by atoms with Crippen LogP contribution in [0.15, 0.2) is 16.9 Å². The van der Waals surface area contributed by atoms with Gasteiger partial charge in [-0.25, -0.2) is 0 Å². The Morgan fingerprint density at radius 2 is 2.12 bits per heavy atom. The summed E-state index contributed by atoms with van der Waals surface area (Å²) >= 11 is 0. The largest absolute Gasteiger partial charge is 0.347 e. The fourth-order valence-electron chi connectivity index (χ4n) is 2.86. The van der Waals surface area contributed by atoms with E-state index in [1.807, 2.05) is 13.1 Å². The second-order valence-electron chi connectivity index (χ2n) is 6.09. The van der Waals surface area contributed by atoms with Crippen molar-refractivity contribution in [3.8, 4) is 11.4 Å². The fraction of sp³-hybridized carbons (Fsp3) is 0.562. The van der Waals surface area contributed by atoms with Gasteiger partial charge in [-0.05, 0) is 19.8 Å². The maximum absolute atomic E-state index is 12.2. The lowest BCUT2D eigenvalue weighted by Gasteiger charge is -2.30. The molecule has 1 saturated heterocycles. The normalized spacial score (nSPS) is 15.4. The second kappa shape index (κ2) is 7.45. The number of piperidine rings is 1. The molecule has 1 N–H and O–H groups in total. The Morgan fingerprint density at radius 3 is 2.76 bits per heavy atom. The first-order valence-corrected chi connectivity index (χ1v) is 8.45. The average molecular weight is 346 g/mol. The van der Waals surface area contributed by atoms with Gasteiger partial charge in [-0.3, -0.25) is 14.3 Å². The minimum absolute atomic E-state index is 0.0400. The van der Waals surface area contributed by atoms with Crippen molar-refractivity contribution < 1.29 is 14.1 Å². The van der Waals surface area contributed by atoms with Crippen LogP contribution in [0.2, 0.25) is 0 Å². The summed E-state index contributed by atoms with van der Waals surface area (Å²) in [6, 6.07) is 0. The zero-order valence-corrected chi connectivity index (χ0v) is 14.4. The number of amides is 2. The van der Waals surface area contributed by atoms with Crippen LogP contribution in [0.25, 0.3) is 11.4 Å². The molecule has 0 bridgehead atoms. The molecule has 1 aliphatic rings. The fourth-order valence-corrected chi connectivity index (χ4v) is 2.86. The van der Waals surface area contributed by atoms with Crippen molar-refractivity contribution in [2.24, 2.45) is 5.92 Å². The third-order valence-corrected chi connectivity index (χ3v) is 4.41. The summed E-state index contributed by atoms with van der Waals surface area (Å²) in [5, 5.41) is 10.9. The van der Waals surface area contributed by atoms with Crippen molar-refractivity contribution >= 4 is 11.8 Å². The van der Waals surface area contributed by atoms with E-state index < -0.39 is 0 Å². The molecule has 0 aliphatic carbocycles. The standard InChI is InChI=1S/C16H22N6O3/c1-3-22-10-13(8-18-22)15-19-14(25-20-15)9-17-16(24)12-4-6-21(7-5-12)11(2)23/h8,10,12H,3-7,9H2,1-2H3,(H,17,24). The summed E-state index contributed by atoms with van der Waals surface area (Å²) in [6.07, 6.45) is 4.88. The van der Waals surface area contributed by atoms with E-state index >= 15 is 0 Å². The van der Waals surface area contributed by atoms with Crippen molar-refractivity contribution in [3.63, 3.8) is 0 Å². The van der Waals surface area contributed by atoms with Gasteiger partial charge in [-0.15, -0.1) is 0 Å². The Morgan fingerprint density at radius 1 is 1.36 bits per heavy atom. The van der Waals surface area contributed by atoms with Gasteiger partial charge < -0.3 is 14.7 Å². The first kappa shape index (κ1) is 17.1. The number of nitrogens with zero attached hydrogens (tertiary/aromatic N) is 5. The first-order chi connectivity index (χ1) is 12.1. The zero-order chi connectivity index (χ0) is 17.8. The monoisotopic (exact) mass is 346 g/mol. The summed E-state index contributed by atoms with van der Waals surface area (Å²) in [6.45, 7) is 5.76. The van der Waals surface area contributed by atoms with Crippen molar-refractivity contribution in [2.75, 3.05) is 13.1 Å². The van der Waals surface area contributed by atoms with Gasteiger partial charge in [0.05, 0.1) is 18.3 Å². The molecule has 2 aromatic heterocycles.